The first-order valence-electron chi connectivity index (χ1n) is 4.60. The Morgan fingerprint density at radius 1 is 1.56 bits per heavy atom. The minimum absolute atomic E-state index is 0.0543. The van der Waals surface area contributed by atoms with E-state index in [1.54, 1.807) is 22.6 Å². The number of oxazole rings is 1. The van der Waals surface area contributed by atoms with Gasteiger partial charge in [0.2, 0.25) is 0 Å². The third-order valence-corrected chi connectivity index (χ3v) is 2.59. The number of benzene rings is 1. The van der Waals surface area contributed by atoms with Gasteiger partial charge in [-0.2, -0.15) is 0 Å². The lowest BCUT2D eigenvalue weighted by atomic mass is 10.2. The van der Waals surface area contributed by atoms with E-state index in [-0.39, 0.29) is 17.6 Å². The van der Waals surface area contributed by atoms with Crippen LogP contribution < -0.4 is 5.76 Å². The van der Waals surface area contributed by atoms with E-state index in [1.165, 1.54) is 0 Å². The lowest BCUT2D eigenvalue weighted by Crippen LogP contribution is -2.13. The second kappa shape index (κ2) is 4.77. The fourth-order valence-corrected chi connectivity index (χ4v) is 1.71. The first kappa shape index (κ1) is 12.6. The molecule has 1 aromatic heterocycles. The molecule has 0 saturated heterocycles. The smallest absolute Gasteiger partial charge is 0.407 e. The number of nitro groups is 1. The molecule has 0 spiro atoms. The Labute approximate surface area is 113 Å². The molecule has 0 aliphatic carbocycles. The highest BCUT2D eigenvalue weighted by atomic mass is 127. The molecule has 0 radical (unpaired) electrons. The molecule has 2 rings (SSSR count). The molecule has 18 heavy (non-hydrogen) atoms. The summed E-state index contributed by atoms with van der Waals surface area (Å²) in [5.74, 6) is 0.942. The Morgan fingerprint density at radius 3 is 2.89 bits per heavy atom. The summed E-state index contributed by atoms with van der Waals surface area (Å²) in [6.45, 7) is -0.0543. The average Bonchev–Trinajstić information content (AvgIpc) is 2.60. The summed E-state index contributed by atoms with van der Waals surface area (Å²) in [4.78, 5) is 21.6. The van der Waals surface area contributed by atoms with Crippen molar-refractivity contribution in [3.63, 3.8) is 0 Å². The first-order valence-corrected chi connectivity index (χ1v) is 5.68. The number of hydrogen-bond donors (Lipinski definition) is 0. The van der Waals surface area contributed by atoms with Crippen LogP contribution in [-0.4, -0.2) is 9.49 Å². The standard InChI is InChI=1S/C10H4FIN2O4/c11-6-4-7(14(16)17)9-8(5-6)18-10(15)13(9)3-1-2-12/h4-5H,3H2. The molecule has 0 amide bonds. The number of nitro benzene ring substituents is 1. The van der Waals surface area contributed by atoms with E-state index in [0.717, 1.165) is 16.7 Å². The molecule has 6 nitrogen and oxygen atoms in total. The predicted molar refractivity (Wildman–Crippen MR) is 68.9 cm³/mol. The number of aromatic nitrogens is 1. The maximum Gasteiger partial charge on any atom is 0.421 e. The van der Waals surface area contributed by atoms with Gasteiger partial charge in [0.1, 0.15) is 5.82 Å². The van der Waals surface area contributed by atoms with Gasteiger partial charge in [-0.3, -0.25) is 14.7 Å². The van der Waals surface area contributed by atoms with Gasteiger partial charge in [0, 0.05) is 28.7 Å². The van der Waals surface area contributed by atoms with E-state index < -0.39 is 22.2 Å². The third-order valence-electron chi connectivity index (χ3n) is 2.21. The van der Waals surface area contributed by atoms with Crippen molar-refractivity contribution in [2.75, 3.05) is 0 Å². The highest BCUT2D eigenvalue weighted by Gasteiger charge is 2.22. The fraction of sp³-hybridized carbons (Fsp3) is 0.100. The molecular weight excluding hydrogens is 358 g/mol. The Hall–Kier alpha value is -1.89. The van der Waals surface area contributed by atoms with Crippen LogP contribution in [0, 0.1) is 25.8 Å². The molecule has 0 aliphatic heterocycles. The zero-order valence-electron chi connectivity index (χ0n) is 8.65. The van der Waals surface area contributed by atoms with Gasteiger partial charge in [-0.05, 0) is 3.93 Å². The van der Waals surface area contributed by atoms with Crippen molar-refractivity contribution in [3.05, 3.63) is 38.6 Å². The van der Waals surface area contributed by atoms with Crippen molar-refractivity contribution in [1.29, 1.82) is 0 Å². The number of fused-ring (bicyclic) bond motifs is 1. The minimum Gasteiger partial charge on any atom is -0.407 e. The Bertz CT molecular complexity index is 753. The number of halogens is 2. The number of non-ortho nitro benzene ring substituents is 1. The van der Waals surface area contributed by atoms with Gasteiger partial charge in [0.05, 0.1) is 17.5 Å². The van der Waals surface area contributed by atoms with E-state index >= 15 is 0 Å². The van der Waals surface area contributed by atoms with Crippen molar-refractivity contribution in [2.45, 2.75) is 6.54 Å². The summed E-state index contributed by atoms with van der Waals surface area (Å²) in [5.41, 5.74) is -0.751. The molecule has 8 heteroatoms. The van der Waals surface area contributed by atoms with E-state index in [9.17, 15) is 19.3 Å². The molecule has 0 N–H and O–H groups in total. The molecule has 2 aromatic rings. The van der Waals surface area contributed by atoms with Crippen LogP contribution >= 0.6 is 22.6 Å². The Kier molecular flexibility index (Phi) is 3.33. The van der Waals surface area contributed by atoms with E-state index in [1.807, 2.05) is 0 Å². The minimum atomic E-state index is -0.838. The highest BCUT2D eigenvalue weighted by Crippen LogP contribution is 2.26. The van der Waals surface area contributed by atoms with Crippen molar-refractivity contribution >= 4 is 39.4 Å². The van der Waals surface area contributed by atoms with Crippen LogP contribution in [0.1, 0.15) is 0 Å². The van der Waals surface area contributed by atoms with Crippen LogP contribution in [0.15, 0.2) is 21.3 Å². The second-order valence-electron chi connectivity index (χ2n) is 3.25. The molecular formula is C10H4FIN2O4. The normalized spacial score (nSPS) is 10.1. The van der Waals surface area contributed by atoms with E-state index in [4.69, 9.17) is 4.42 Å². The summed E-state index contributed by atoms with van der Waals surface area (Å²) >= 11 is 1.77. The largest absolute Gasteiger partial charge is 0.421 e. The van der Waals surface area contributed by atoms with E-state index in [0.29, 0.717) is 0 Å². The second-order valence-corrected chi connectivity index (χ2v) is 3.79. The summed E-state index contributed by atoms with van der Waals surface area (Å²) in [6, 6.07) is 1.67. The Morgan fingerprint density at radius 2 is 2.28 bits per heavy atom. The topological polar surface area (TPSA) is 78.3 Å². The van der Waals surface area contributed by atoms with Crippen LogP contribution in [0.25, 0.3) is 11.1 Å². The SMILES string of the molecule is O=c1oc2cc(F)cc([N+](=O)[O-])c2n1CC#CI. The van der Waals surface area contributed by atoms with E-state index in [2.05, 4.69) is 9.85 Å². The highest BCUT2D eigenvalue weighted by molar-refractivity contribution is 14.1. The van der Waals surface area contributed by atoms with Crippen LogP contribution in [0.5, 0.6) is 0 Å². The molecule has 1 heterocycles. The van der Waals surface area contributed by atoms with Gasteiger partial charge >= 0.3 is 5.76 Å². The van der Waals surface area contributed by atoms with Crippen LogP contribution in [-0.2, 0) is 6.54 Å². The zero-order chi connectivity index (χ0) is 13.3. The molecule has 0 unspecified atom stereocenters. The van der Waals surface area contributed by atoms with Crippen LogP contribution in [0.3, 0.4) is 0 Å². The van der Waals surface area contributed by atoms with Crippen LogP contribution in [0.2, 0.25) is 0 Å². The molecule has 0 bridgehead atoms. The lowest BCUT2D eigenvalue weighted by molar-refractivity contribution is -0.383. The molecule has 0 aliphatic rings. The van der Waals surface area contributed by atoms with Gasteiger partial charge in [-0.15, -0.1) is 0 Å². The van der Waals surface area contributed by atoms with Crippen molar-refractivity contribution in [1.82, 2.24) is 4.57 Å². The maximum absolute atomic E-state index is 13.1. The van der Waals surface area contributed by atoms with Gasteiger partial charge in [-0.1, -0.05) is 5.92 Å². The summed E-state index contributed by atoms with van der Waals surface area (Å²) in [5, 5.41) is 10.8. The monoisotopic (exact) mass is 362 g/mol. The summed E-state index contributed by atoms with van der Waals surface area (Å²) in [7, 11) is 0. The number of hydrogen-bond acceptors (Lipinski definition) is 4. The van der Waals surface area contributed by atoms with Crippen molar-refractivity contribution in [3.8, 4) is 9.85 Å². The van der Waals surface area contributed by atoms with Crippen molar-refractivity contribution < 1.29 is 13.7 Å². The van der Waals surface area contributed by atoms with Gasteiger partial charge in [-0.25, -0.2) is 9.18 Å². The quantitative estimate of drug-likeness (QED) is 0.355. The molecule has 1 aromatic carbocycles. The van der Waals surface area contributed by atoms with Gasteiger partial charge in [0.15, 0.2) is 11.1 Å². The summed E-state index contributed by atoms with van der Waals surface area (Å²) in [6.07, 6.45) is 0. The molecule has 0 atom stereocenters. The third kappa shape index (κ3) is 2.08. The fourth-order valence-electron chi connectivity index (χ4n) is 1.54. The molecule has 0 fully saturated rings. The number of nitrogens with zero attached hydrogens (tertiary/aromatic N) is 2. The maximum atomic E-state index is 13.1. The lowest BCUT2D eigenvalue weighted by Gasteiger charge is -1.97. The van der Waals surface area contributed by atoms with Crippen LogP contribution in [0.4, 0.5) is 10.1 Å². The number of rotatable bonds is 2. The van der Waals surface area contributed by atoms with Gasteiger partial charge < -0.3 is 4.42 Å². The van der Waals surface area contributed by atoms with Gasteiger partial charge in [0.25, 0.3) is 5.69 Å². The Balaban J connectivity index is 2.84. The van der Waals surface area contributed by atoms with Crippen molar-refractivity contribution in [2.24, 2.45) is 0 Å². The molecule has 92 valence electrons. The predicted octanol–water partition coefficient (Wildman–Crippen LogP) is 2.04. The average molecular weight is 362 g/mol. The first-order chi connectivity index (χ1) is 8.54. The summed E-state index contributed by atoms with van der Waals surface area (Å²) < 4.78 is 21.4. The zero-order valence-corrected chi connectivity index (χ0v) is 10.8. The molecule has 0 saturated carbocycles.